The van der Waals surface area contributed by atoms with Gasteiger partial charge < -0.3 is 9.52 Å². The van der Waals surface area contributed by atoms with Crippen molar-refractivity contribution in [3.05, 3.63) is 65.9 Å². The summed E-state index contributed by atoms with van der Waals surface area (Å²) in [7, 11) is 0. The van der Waals surface area contributed by atoms with Gasteiger partial charge in [-0.2, -0.15) is 10.2 Å². The Morgan fingerprint density at radius 2 is 2.12 bits per heavy atom. The molecular weight excluding hydrogens is 332 g/mol. The van der Waals surface area contributed by atoms with Gasteiger partial charge in [0, 0.05) is 5.92 Å². The van der Waals surface area contributed by atoms with Gasteiger partial charge in [-0.05, 0) is 36.6 Å². The van der Waals surface area contributed by atoms with E-state index in [1.54, 1.807) is 0 Å². The van der Waals surface area contributed by atoms with E-state index in [0.717, 1.165) is 17.9 Å². The molecule has 7 heteroatoms. The van der Waals surface area contributed by atoms with E-state index in [0.29, 0.717) is 17.6 Å². The lowest BCUT2D eigenvalue weighted by Gasteiger charge is -1.99. The van der Waals surface area contributed by atoms with Crippen LogP contribution in [-0.4, -0.2) is 27.0 Å². The Bertz CT molecular complexity index is 958. The Balaban J connectivity index is 1.42. The molecule has 132 valence electrons. The molecular formula is C19H18N4O3. The molecule has 2 N–H and O–H groups in total. The molecule has 1 saturated carbocycles. The summed E-state index contributed by atoms with van der Waals surface area (Å²) in [5, 5.41) is 17.9. The number of nitrogens with one attached hydrogen (secondary N) is 1. The number of amides is 1. The van der Waals surface area contributed by atoms with Gasteiger partial charge in [-0.15, -0.1) is 0 Å². The largest absolute Gasteiger partial charge is 0.504 e. The van der Waals surface area contributed by atoms with Crippen LogP contribution in [0.25, 0.3) is 5.69 Å². The maximum Gasteiger partial charge on any atom is 0.295 e. The summed E-state index contributed by atoms with van der Waals surface area (Å²) in [6.45, 7) is 2.18. The molecule has 0 radical (unpaired) electrons. The minimum atomic E-state index is -0.601. The molecule has 1 fully saturated rings. The molecule has 4 rings (SSSR count). The van der Waals surface area contributed by atoms with Gasteiger partial charge in [0.2, 0.25) is 0 Å². The number of furan rings is 1. The van der Waals surface area contributed by atoms with Gasteiger partial charge in [-0.3, -0.25) is 4.79 Å². The number of benzene rings is 1. The van der Waals surface area contributed by atoms with E-state index in [1.807, 2.05) is 42.5 Å². The number of rotatable bonds is 5. The SMILES string of the molecule is C[C@H]1C[C@H]1c1ccc(/C=N\NC(=O)c2nn(-c3ccccc3)cc2O)o1. The number of aromatic nitrogens is 2. The Hall–Kier alpha value is -3.35. The lowest BCUT2D eigenvalue weighted by atomic mass is 10.3. The molecule has 0 aliphatic heterocycles. The van der Waals surface area contributed by atoms with Crippen LogP contribution in [0.15, 0.2) is 58.2 Å². The second-order valence-electron chi connectivity index (χ2n) is 6.40. The Kier molecular flexibility index (Phi) is 4.04. The zero-order chi connectivity index (χ0) is 18.1. The van der Waals surface area contributed by atoms with Crippen molar-refractivity contribution >= 4 is 12.1 Å². The highest BCUT2D eigenvalue weighted by Crippen LogP contribution is 2.47. The summed E-state index contributed by atoms with van der Waals surface area (Å²) in [6, 6.07) is 13.0. The molecule has 0 saturated heterocycles. The van der Waals surface area contributed by atoms with Crippen molar-refractivity contribution in [2.45, 2.75) is 19.3 Å². The molecule has 2 heterocycles. The minimum absolute atomic E-state index is 0.0991. The molecule has 1 aromatic carbocycles. The molecule has 0 unspecified atom stereocenters. The van der Waals surface area contributed by atoms with Crippen LogP contribution < -0.4 is 5.43 Å². The first-order valence-electron chi connectivity index (χ1n) is 8.39. The van der Waals surface area contributed by atoms with Gasteiger partial charge in [-0.1, -0.05) is 25.1 Å². The molecule has 7 nitrogen and oxygen atoms in total. The topological polar surface area (TPSA) is 92.7 Å². The third kappa shape index (κ3) is 3.23. The van der Waals surface area contributed by atoms with E-state index >= 15 is 0 Å². The van der Waals surface area contributed by atoms with Crippen LogP contribution in [0.3, 0.4) is 0 Å². The second kappa shape index (κ2) is 6.51. The lowest BCUT2D eigenvalue weighted by molar-refractivity contribution is 0.0947. The van der Waals surface area contributed by atoms with Gasteiger partial charge >= 0.3 is 0 Å². The highest BCUT2D eigenvalue weighted by atomic mass is 16.3. The van der Waals surface area contributed by atoms with Crippen LogP contribution in [0.2, 0.25) is 0 Å². The monoisotopic (exact) mass is 350 g/mol. The summed E-state index contributed by atoms with van der Waals surface area (Å²) in [6.07, 6.45) is 3.95. The van der Waals surface area contributed by atoms with Crippen LogP contribution in [-0.2, 0) is 0 Å². The van der Waals surface area contributed by atoms with Gasteiger partial charge in [-0.25, -0.2) is 10.1 Å². The maximum atomic E-state index is 12.2. The predicted molar refractivity (Wildman–Crippen MR) is 95.5 cm³/mol. The van der Waals surface area contributed by atoms with Crippen molar-refractivity contribution in [1.82, 2.24) is 15.2 Å². The Morgan fingerprint density at radius 3 is 2.85 bits per heavy atom. The van der Waals surface area contributed by atoms with Crippen LogP contribution in [0, 0.1) is 5.92 Å². The van der Waals surface area contributed by atoms with E-state index < -0.39 is 5.91 Å². The van der Waals surface area contributed by atoms with Gasteiger partial charge in [0.05, 0.1) is 18.1 Å². The maximum absolute atomic E-state index is 12.2. The van der Waals surface area contributed by atoms with Crippen molar-refractivity contribution in [1.29, 1.82) is 0 Å². The van der Waals surface area contributed by atoms with E-state index in [2.05, 4.69) is 22.5 Å². The third-order valence-electron chi connectivity index (χ3n) is 4.41. The molecule has 1 amide bonds. The highest BCUT2D eigenvalue weighted by Gasteiger charge is 2.36. The van der Waals surface area contributed by atoms with Crippen molar-refractivity contribution in [2.24, 2.45) is 11.0 Å². The van der Waals surface area contributed by atoms with E-state index in [1.165, 1.54) is 17.1 Å². The predicted octanol–water partition coefficient (Wildman–Crippen LogP) is 3.06. The molecule has 3 aromatic rings. The number of carbonyl (C=O) groups is 1. The summed E-state index contributed by atoms with van der Waals surface area (Å²) in [4.78, 5) is 12.2. The van der Waals surface area contributed by atoms with Crippen molar-refractivity contribution in [2.75, 3.05) is 0 Å². The summed E-state index contributed by atoms with van der Waals surface area (Å²) in [5.41, 5.74) is 2.99. The standard InChI is InChI=1S/C19H18N4O3/c1-12-9-15(12)17-8-7-14(26-17)10-20-21-19(25)18-16(24)11-23(22-18)13-5-3-2-4-6-13/h2-8,10-12,15,24H,9H2,1H3,(H,21,25)/b20-10-/t12-,15+/m0/s1. The number of hydrazone groups is 1. The summed E-state index contributed by atoms with van der Waals surface area (Å²) < 4.78 is 7.12. The second-order valence-corrected chi connectivity index (χ2v) is 6.40. The van der Waals surface area contributed by atoms with Gasteiger partial charge in [0.25, 0.3) is 5.91 Å². The quantitative estimate of drug-likeness (QED) is 0.546. The molecule has 2 aromatic heterocycles. The lowest BCUT2D eigenvalue weighted by Crippen LogP contribution is -2.18. The summed E-state index contributed by atoms with van der Waals surface area (Å²) in [5.74, 6) is 1.85. The fraction of sp³-hybridized carbons (Fsp3) is 0.211. The van der Waals surface area contributed by atoms with Crippen LogP contribution in [0.5, 0.6) is 5.75 Å². The van der Waals surface area contributed by atoms with E-state index in [4.69, 9.17) is 4.42 Å². The Morgan fingerprint density at radius 1 is 1.35 bits per heavy atom. The van der Waals surface area contributed by atoms with E-state index in [9.17, 15) is 9.90 Å². The minimum Gasteiger partial charge on any atom is -0.504 e. The number of hydrogen-bond acceptors (Lipinski definition) is 5. The fourth-order valence-corrected chi connectivity index (χ4v) is 2.80. The molecule has 0 spiro atoms. The van der Waals surface area contributed by atoms with Crippen LogP contribution in [0.1, 0.15) is 41.3 Å². The molecule has 2 atom stereocenters. The number of carbonyl (C=O) groups excluding carboxylic acids is 1. The zero-order valence-corrected chi connectivity index (χ0v) is 14.2. The number of aromatic hydroxyl groups is 1. The average molecular weight is 350 g/mol. The average Bonchev–Trinajstić information content (AvgIpc) is 3.05. The molecule has 1 aliphatic carbocycles. The molecule has 1 aliphatic rings. The first-order chi connectivity index (χ1) is 12.6. The van der Waals surface area contributed by atoms with Crippen molar-refractivity contribution in [3.63, 3.8) is 0 Å². The smallest absolute Gasteiger partial charge is 0.295 e. The van der Waals surface area contributed by atoms with Crippen molar-refractivity contribution < 1.29 is 14.3 Å². The molecule has 26 heavy (non-hydrogen) atoms. The Labute approximate surface area is 150 Å². The number of para-hydroxylation sites is 1. The van der Waals surface area contributed by atoms with E-state index in [-0.39, 0.29) is 11.4 Å². The van der Waals surface area contributed by atoms with Crippen molar-refractivity contribution in [3.8, 4) is 11.4 Å². The van der Waals surface area contributed by atoms with Gasteiger partial charge in [0.15, 0.2) is 11.4 Å². The van der Waals surface area contributed by atoms with Crippen LogP contribution in [0.4, 0.5) is 0 Å². The highest BCUT2D eigenvalue weighted by molar-refractivity contribution is 5.95. The normalized spacial score (nSPS) is 19.0. The zero-order valence-electron chi connectivity index (χ0n) is 14.2. The van der Waals surface area contributed by atoms with Gasteiger partial charge in [0.1, 0.15) is 11.5 Å². The first kappa shape index (κ1) is 16.1. The number of nitrogens with zero attached hydrogens (tertiary/aromatic N) is 3. The third-order valence-corrected chi connectivity index (χ3v) is 4.41. The summed E-state index contributed by atoms with van der Waals surface area (Å²) >= 11 is 0. The number of hydrogen-bond donors (Lipinski definition) is 2. The fourth-order valence-electron chi connectivity index (χ4n) is 2.80. The first-order valence-corrected chi connectivity index (χ1v) is 8.39. The van der Waals surface area contributed by atoms with Crippen LogP contribution >= 0.6 is 0 Å². The molecule has 0 bridgehead atoms.